The first-order valence-corrected chi connectivity index (χ1v) is 13.0. The van der Waals surface area contributed by atoms with Gasteiger partial charge < -0.3 is 19.3 Å². The Hall–Kier alpha value is -3.93. The number of aromatic nitrogens is 2. The minimum atomic E-state index is -1.25. The first-order chi connectivity index (χ1) is 18.4. The van der Waals surface area contributed by atoms with Crippen LogP contribution in [0.3, 0.4) is 0 Å². The molecule has 0 amide bonds. The van der Waals surface area contributed by atoms with Crippen LogP contribution in [0.5, 0.6) is 5.88 Å². The molecule has 1 N–H and O–H groups in total. The number of methoxy groups -OCH3 is 1. The van der Waals surface area contributed by atoms with E-state index in [1.54, 1.807) is 7.11 Å². The van der Waals surface area contributed by atoms with E-state index in [1.165, 1.54) is 0 Å². The fourth-order valence-electron chi connectivity index (χ4n) is 5.47. The van der Waals surface area contributed by atoms with Gasteiger partial charge in [0.15, 0.2) is 0 Å². The van der Waals surface area contributed by atoms with Crippen molar-refractivity contribution in [3.05, 3.63) is 120 Å². The van der Waals surface area contributed by atoms with Crippen LogP contribution in [-0.2, 0) is 12.6 Å². The Labute approximate surface area is 225 Å². The molecule has 2 heterocycles. The van der Waals surface area contributed by atoms with Crippen molar-refractivity contribution in [3.8, 4) is 17.0 Å². The van der Waals surface area contributed by atoms with Crippen LogP contribution in [0.25, 0.3) is 21.9 Å². The first-order valence-electron chi connectivity index (χ1n) is 13.0. The largest absolute Gasteiger partial charge is 0.481 e. The van der Waals surface area contributed by atoms with E-state index in [2.05, 4.69) is 59.6 Å². The summed E-state index contributed by atoms with van der Waals surface area (Å²) in [5, 5.41) is 15.2. The predicted molar refractivity (Wildman–Crippen MR) is 154 cm³/mol. The summed E-state index contributed by atoms with van der Waals surface area (Å²) in [6.07, 6.45) is 6.47. The molecule has 0 aliphatic carbocycles. The van der Waals surface area contributed by atoms with Crippen LogP contribution in [0.2, 0.25) is 0 Å². The summed E-state index contributed by atoms with van der Waals surface area (Å²) < 4.78 is 7.88. The van der Waals surface area contributed by atoms with Gasteiger partial charge >= 0.3 is 0 Å². The molecule has 0 radical (unpaired) electrons. The van der Waals surface area contributed by atoms with Crippen molar-refractivity contribution < 1.29 is 9.84 Å². The molecule has 3 aromatic carbocycles. The highest BCUT2D eigenvalue weighted by atomic mass is 16.5. The van der Waals surface area contributed by atoms with Crippen molar-refractivity contribution in [3.63, 3.8) is 0 Å². The maximum atomic E-state index is 13.1. The molecular formula is C33H35N3O2. The summed E-state index contributed by atoms with van der Waals surface area (Å²) >= 11 is 0. The third kappa shape index (κ3) is 4.95. The normalized spacial score (nSPS) is 13.9. The van der Waals surface area contributed by atoms with Gasteiger partial charge in [-0.3, -0.25) is 0 Å². The van der Waals surface area contributed by atoms with E-state index in [9.17, 15) is 5.11 Å². The maximum Gasteiger partial charge on any atom is 0.217 e. The lowest BCUT2D eigenvalue weighted by atomic mass is 9.70. The van der Waals surface area contributed by atoms with Gasteiger partial charge in [-0.05, 0) is 54.5 Å². The smallest absolute Gasteiger partial charge is 0.217 e. The molecule has 0 fully saturated rings. The van der Waals surface area contributed by atoms with Gasteiger partial charge in [-0.25, -0.2) is 4.98 Å². The highest BCUT2D eigenvalue weighted by Crippen LogP contribution is 2.49. The van der Waals surface area contributed by atoms with E-state index in [4.69, 9.17) is 9.72 Å². The molecule has 2 aromatic heterocycles. The summed E-state index contributed by atoms with van der Waals surface area (Å²) in [5.74, 6) is 0.0858. The van der Waals surface area contributed by atoms with Crippen LogP contribution < -0.4 is 4.74 Å². The van der Waals surface area contributed by atoms with Crippen LogP contribution in [-0.4, -0.2) is 47.3 Å². The zero-order valence-corrected chi connectivity index (χ0v) is 22.5. The molecule has 5 heteroatoms. The van der Waals surface area contributed by atoms with Gasteiger partial charge in [0, 0.05) is 54.8 Å². The lowest BCUT2D eigenvalue weighted by molar-refractivity contribution is 0.00517. The number of aryl methyl sites for hydroxylation is 1. The molecule has 0 spiro atoms. The fourth-order valence-corrected chi connectivity index (χ4v) is 5.47. The fraction of sp³-hybridized carbons (Fsp3) is 0.242. The number of pyridine rings is 1. The molecular weight excluding hydrogens is 470 g/mol. The van der Waals surface area contributed by atoms with E-state index in [1.807, 2.05) is 74.5 Å². The minimum Gasteiger partial charge on any atom is -0.481 e. The van der Waals surface area contributed by atoms with Crippen LogP contribution in [0.15, 0.2) is 104 Å². The molecule has 194 valence electrons. The van der Waals surface area contributed by atoms with Crippen molar-refractivity contribution in [1.82, 2.24) is 14.5 Å². The standard InChI is InChI=1S/C33H35N3O2/c1-35(2)20-18-33(37,30-16-10-14-24-11-8-9-15-28(24)30)31(25-12-6-5-7-13-25)29-21-27(22-34-32(29)38-4)26-17-19-36(3)23-26/h5-17,19,21-23,31,37H,18,20H2,1-4H3. The third-order valence-corrected chi connectivity index (χ3v) is 7.36. The predicted octanol–water partition coefficient (Wildman–Crippen LogP) is 6.22. The average molecular weight is 506 g/mol. The van der Waals surface area contributed by atoms with Crippen LogP contribution in [0.4, 0.5) is 0 Å². The Morgan fingerprint density at radius 1 is 0.947 bits per heavy atom. The van der Waals surface area contributed by atoms with E-state index in [-0.39, 0.29) is 0 Å². The van der Waals surface area contributed by atoms with Gasteiger partial charge in [-0.2, -0.15) is 0 Å². The van der Waals surface area contributed by atoms with Gasteiger partial charge in [-0.15, -0.1) is 0 Å². The first kappa shape index (κ1) is 25.7. The number of rotatable bonds is 9. The van der Waals surface area contributed by atoms with Crippen LogP contribution in [0, 0.1) is 0 Å². The molecule has 0 aliphatic rings. The van der Waals surface area contributed by atoms with Crippen molar-refractivity contribution in [2.24, 2.45) is 7.05 Å². The lowest BCUT2D eigenvalue weighted by Gasteiger charge is -2.39. The zero-order chi connectivity index (χ0) is 26.7. The highest BCUT2D eigenvalue weighted by Gasteiger charge is 2.43. The summed E-state index contributed by atoms with van der Waals surface area (Å²) in [4.78, 5) is 6.86. The van der Waals surface area contributed by atoms with Crippen LogP contribution in [0.1, 0.15) is 29.0 Å². The van der Waals surface area contributed by atoms with Gasteiger partial charge in [0.2, 0.25) is 5.88 Å². The topological polar surface area (TPSA) is 50.5 Å². The molecule has 0 aliphatic heterocycles. The van der Waals surface area contributed by atoms with Crippen molar-refractivity contribution in [1.29, 1.82) is 0 Å². The molecule has 0 saturated heterocycles. The Balaban J connectivity index is 1.80. The molecule has 2 atom stereocenters. The monoisotopic (exact) mass is 505 g/mol. The van der Waals surface area contributed by atoms with Gasteiger partial charge in [0.05, 0.1) is 7.11 Å². The number of ether oxygens (including phenoxy) is 1. The summed E-state index contributed by atoms with van der Waals surface area (Å²) in [5.41, 5.74) is 3.56. The van der Waals surface area contributed by atoms with Gasteiger partial charge in [-0.1, -0.05) is 72.8 Å². The molecule has 0 bridgehead atoms. The number of hydrogen-bond donors (Lipinski definition) is 1. The Bertz CT molecular complexity index is 1520. The Morgan fingerprint density at radius 3 is 2.39 bits per heavy atom. The number of nitrogens with zero attached hydrogens (tertiary/aromatic N) is 3. The number of fused-ring (bicyclic) bond motifs is 1. The summed E-state index contributed by atoms with van der Waals surface area (Å²) in [6.45, 7) is 0.706. The van der Waals surface area contributed by atoms with E-state index in [0.29, 0.717) is 18.8 Å². The highest BCUT2D eigenvalue weighted by molar-refractivity contribution is 5.86. The molecule has 2 unspecified atom stereocenters. The van der Waals surface area contributed by atoms with Crippen molar-refractivity contribution >= 4 is 10.8 Å². The number of benzene rings is 3. The second kappa shape index (κ2) is 10.8. The van der Waals surface area contributed by atoms with E-state index < -0.39 is 11.5 Å². The number of hydrogen-bond acceptors (Lipinski definition) is 4. The third-order valence-electron chi connectivity index (χ3n) is 7.36. The quantitative estimate of drug-likeness (QED) is 0.258. The Kier molecular flexibility index (Phi) is 7.32. The second-order valence-corrected chi connectivity index (χ2v) is 10.2. The SMILES string of the molecule is COc1ncc(-c2ccn(C)c2)cc1C(c1ccccc1)C(O)(CCN(C)C)c1cccc2ccccc12. The lowest BCUT2D eigenvalue weighted by Crippen LogP contribution is -2.38. The summed E-state index contributed by atoms with van der Waals surface area (Å²) in [6, 6.07) is 28.9. The van der Waals surface area contributed by atoms with Gasteiger partial charge in [0.1, 0.15) is 5.60 Å². The van der Waals surface area contributed by atoms with Crippen molar-refractivity contribution in [2.75, 3.05) is 27.7 Å². The van der Waals surface area contributed by atoms with Crippen LogP contribution >= 0.6 is 0 Å². The Morgan fingerprint density at radius 2 is 1.68 bits per heavy atom. The summed E-state index contributed by atoms with van der Waals surface area (Å²) in [7, 11) is 7.74. The molecule has 5 rings (SSSR count). The second-order valence-electron chi connectivity index (χ2n) is 10.2. The van der Waals surface area contributed by atoms with E-state index in [0.717, 1.165) is 38.6 Å². The molecule has 0 saturated carbocycles. The van der Waals surface area contributed by atoms with Crippen molar-refractivity contribution in [2.45, 2.75) is 17.9 Å². The van der Waals surface area contributed by atoms with E-state index >= 15 is 0 Å². The number of aliphatic hydroxyl groups is 1. The minimum absolute atomic E-state index is 0.430. The molecule has 5 aromatic rings. The maximum absolute atomic E-state index is 13.1. The van der Waals surface area contributed by atoms with Gasteiger partial charge in [0.25, 0.3) is 0 Å². The average Bonchev–Trinajstić information content (AvgIpc) is 3.38. The molecule has 5 nitrogen and oxygen atoms in total. The zero-order valence-electron chi connectivity index (χ0n) is 22.5. The molecule has 38 heavy (non-hydrogen) atoms.